The highest BCUT2D eigenvalue weighted by Crippen LogP contribution is 2.22. The fourth-order valence-corrected chi connectivity index (χ4v) is 2.03. The SMILES string of the molecule is CC(C)NC(=O)c1cccc(NC=C2C(=O)OC(C)(C)OC2=O)c1. The molecule has 7 heteroatoms. The summed E-state index contributed by atoms with van der Waals surface area (Å²) in [6.07, 6.45) is 1.21. The lowest BCUT2D eigenvalue weighted by Crippen LogP contribution is -2.42. The smallest absolute Gasteiger partial charge is 0.350 e. The zero-order chi connectivity index (χ0) is 17.9. The third kappa shape index (κ3) is 4.34. The Morgan fingerprint density at radius 3 is 2.38 bits per heavy atom. The van der Waals surface area contributed by atoms with Gasteiger partial charge in [-0.25, -0.2) is 9.59 Å². The van der Waals surface area contributed by atoms with Crippen LogP contribution in [0.4, 0.5) is 5.69 Å². The van der Waals surface area contributed by atoms with Crippen LogP contribution in [0.2, 0.25) is 0 Å². The predicted molar refractivity (Wildman–Crippen MR) is 87.0 cm³/mol. The van der Waals surface area contributed by atoms with Gasteiger partial charge in [-0.15, -0.1) is 0 Å². The molecule has 1 aliphatic heterocycles. The molecule has 0 radical (unpaired) electrons. The van der Waals surface area contributed by atoms with Gasteiger partial charge >= 0.3 is 11.9 Å². The molecule has 0 saturated carbocycles. The van der Waals surface area contributed by atoms with Crippen molar-refractivity contribution in [3.63, 3.8) is 0 Å². The summed E-state index contributed by atoms with van der Waals surface area (Å²) in [5.74, 6) is -3.02. The Morgan fingerprint density at radius 1 is 1.17 bits per heavy atom. The number of esters is 2. The first kappa shape index (κ1) is 17.5. The molecule has 1 amide bonds. The van der Waals surface area contributed by atoms with Crippen molar-refractivity contribution >= 4 is 23.5 Å². The molecule has 2 N–H and O–H groups in total. The van der Waals surface area contributed by atoms with Crippen molar-refractivity contribution in [3.05, 3.63) is 41.6 Å². The Labute approximate surface area is 140 Å². The summed E-state index contributed by atoms with van der Waals surface area (Å²) in [5, 5.41) is 5.59. The monoisotopic (exact) mass is 332 g/mol. The third-order valence-corrected chi connectivity index (χ3v) is 3.04. The Bertz CT molecular complexity index is 685. The maximum atomic E-state index is 12.0. The summed E-state index contributed by atoms with van der Waals surface area (Å²) in [5.41, 5.74) is 0.762. The lowest BCUT2D eigenvalue weighted by molar-refractivity contribution is -0.222. The largest absolute Gasteiger partial charge is 0.419 e. The van der Waals surface area contributed by atoms with E-state index >= 15 is 0 Å². The summed E-state index contributed by atoms with van der Waals surface area (Å²) >= 11 is 0. The third-order valence-electron chi connectivity index (χ3n) is 3.04. The van der Waals surface area contributed by atoms with Crippen LogP contribution in [0.1, 0.15) is 38.1 Å². The summed E-state index contributed by atoms with van der Waals surface area (Å²) in [6.45, 7) is 6.69. The highest BCUT2D eigenvalue weighted by Gasteiger charge is 2.38. The van der Waals surface area contributed by atoms with Crippen LogP contribution in [0.25, 0.3) is 0 Å². The molecule has 0 bridgehead atoms. The van der Waals surface area contributed by atoms with E-state index in [4.69, 9.17) is 9.47 Å². The Kier molecular flexibility index (Phi) is 4.92. The van der Waals surface area contributed by atoms with E-state index in [1.807, 2.05) is 13.8 Å². The van der Waals surface area contributed by atoms with Crippen LogP contribution in [-0.2, 0) is 19.1 Å². The summed E-state index contributed by atoms with van der Waals surface area (Å²) in [7, 11) is 0. The van der Waals surface area contributed by atoms with Crippen molar-refractivity contribution in [2.24, 2.45) is 0 Å². The van der Waals surface area contributed by atoms with E-state index in [9.17, 15) is 14.4 Å². The van der Waals surface area contributed by atoms with Crippen molar-refractivity contribution in [2.45, 2.75) is 39.5 Å². The lowest BCUT2D eigenvalue weighted by atomic mass is 10.1. The van der Waals surface area contributed by atoms with Gasteiger partial charge in [0.05, 0.1) is 0 Å². The molecule has 0 spiro atoms. The highest BCUT2D eigenvalue weighted by atomic mass is 16.7. The number of carbonyl (C=O) groups excluding carboxylic acids is 3. The van der Waals surface area contributed by atoms with Gasteiger partial charge in [0.2, 0.25) is 0 Å². The molecule has 1 fully saturated rings. The first-order chi connectivity index (χ1) is 11.2. The van der Waals surface area contributed by atoms with Crippen LogP contribution >= 0.6 is 0 Å². The second-order valence-electron chi connectivity index (χ2n) is 6.09. The standard InChI is InChI=1S/C17H20N2O5/c1-10(2)19-14(20)11-6-5-7-12(8-11)18-9-13-15(21)23-17(3,4)24-16(13)22/h5-10,18H,1-4H3,(H,19,20). The quantitative estimate of drug-likeness (QED) is 0.497. The van der Waals surface area contributed by atoms with E-state index in [0.29, 0.717) is 11.3 Å². The molecular formula is C17H20N2O5. The van der Waals surface area contributed by atoms with Crippen molar-refractivity contribution in [1.82, 2.24) is 5.32 Å². The van der Waals surface area contributed by atoms with Gasteiger partial charge in [0, 0.05) is 37.3 Å². The molecule has 7 nitrogen and oxygen atoms in total. The number of amides is 1. The second-order valence-corrected chi connectivity index (χ2v) is 6.09. The zero-order valence-electron chi connectivity index (χ0n) is 14.0. The zero-order valence-corrected chi connectivity index (χ0v) is 14.0. The van der Waals surface area contributed by atoms with Gasteiger partial charge in [0.15, 0.2) is 5.57 Å². The first-order valence-electron chi connectivity index (χ1n) is 7.52. The number of ether oxygens (including phenoxy) is 2. The van der Waals surface area contributed by atoms with Crippen molar-refractivity contribution in [3.8, 4) is 0 Å². The average molecular weight is 332 g/mol. The topological polar surface area (TPSA) is 93.7 Å². The Hall–Kier alpha value is -2.83. The molecule has 1 heterocycles. The molecule has 1 saturated heterocycles. The number of cyclic esters (lactones) is 2. The average Bonchev–Trinajstić information content (AvgIpc) is 2.44. The van der Waals surface area contributed by atoms with Crippen molar-refractivity contribution in [1.29, 1.82) is 0 Å². The molecule has 0 aliphatic carbocycles. The first-order valence-corrected chi connectivity index (χ1v) is 7.52. The highest BCUT2D eigenvalue weighted by molar-refractivity contribution is 6.15. The number of carbonyl (C=O) groups is 3. The van der Waals surface area contributed by atoms with Crippen LogP contribution in [0.15, 0.2) is 36.0 Å². The van der Waals surface area contributed by atoms with Gasteiger partial charge in [0.1, 0.15) is 0 Å². The molecule has 128 valence electrons. The molecule has 24 heavy (non-hydrogen) atoms. The predicted octanol–water partition coefficient (Wildman–Crippen LogP) is 1.96. The maximum Gasteiger partial charge on any atom is 0.350 e. The van der Waals surface area contributed by atoms with E-state index in [1.165, 1.54) is 20.0 Å². The fraction of sp³-hybridized carbons (Fsp3) is 0.353. The van der Waals surface area contributed by atoms with E-state index in [1.54, 1.807) is 24.3 Å². The van der Waals surface area contributed by atoms with Crippen LogP contribution < -0.4 is 10.6 Å². The Morgan fingerprint density at radius 2 is 1.79 bits per heavy atom. The molecule has 0 aromatic heterocycles. The number of hydrogen-bond donors (Lipinski definition) is 2. The van der Waals surface area contributed by atoms with Crippen LogP contribution in [0.3, 0.4) is 0 Å². The van der Waals surface area contributed by atoms with Crippen LogP contribution in [-0.4, -0.2) is 29.7 Å². The molecule has 2 rings (SSSR count). The fourth-order valence-electron chi connectivity index (χ4n) is 2.03. The molecule has 0 unspecified atom stereocenters. The summed E-state index contributed by atoms with van der Waals surface area (Å²) < 4.78 is 9.99. The number of anilines is 1. The van der Waals surface area contributed by atoms with Gasteiger partial charge < -0.3 is 20.1 Å². The minimum absolute atomic E-state index is 0.0198. The van der Waals surface area contributed by atoms with Crippen molar-refractivity contribution < 1.29 is 23.9 Å². The molecule has 0 atom stereocenters. The van der Waals surface area contributed by atoms with E-state index in [-0.39, 0.29) is 17.5 Å². The van der Waals surface area contributed by atoms with Gasteiger partial charge in [-0.3, -0.25) is 4.79 Å². The molecular weight excluding hydrogens is 312 g/mol. The van der Waals surface area contributed by atoms with Gasteiger partial charge in [-0.05, 0) is 32.0 Å². The molecule has 1 aromatic carbocycles. The second kappa shape index (κ2) is 6.74. The van der Waals surface area contributed by atoms with E-state index in [2.05, 4.69) is 10.6 Å². The van der Waals surface area contributed by atoms with Gasteiger partial charge in [0.25, 0.3) is 11.7 Å². The van der Waals surface area contributed by atoms with E-state index in [0.717, 1.165) is 0 Å². The van der Waals surface area contributed by atoms with Crippen LogP contribution in [0.5, 0.6) is 0 Å². The number of benzene rings is 1. The lowest BCUT2D eigenvalue weighted by Gasteiger charge is -2.29. The van der Waals surface area contributed by atoms with Crippen molar-refractivity contribution in [2.75, 3.05) is 5.32 Å². The number of rotatable bonds is 4. The van der Waals surface area contributed by atoms with E-state index < -0.39 is 17.7 Å². The summed E-state index contributed by atoms with van der Waals surface area (Å²) in [6, 6.07) is 6.69. The number of hydrogen-bond acceptors (Lipinski definition) is 6. The summed E-state index contributed by atoms with van der Waals surface area (Å²) in [4.78, 5) is 35.7. The normalized spacial score (nSPS) is 16.3. The maximum absolute atomic E-state index is 12.0. The Balaban J connectivity index is 2.13. The molecule has 1 aromatic rings. The minimum atomic E-state index is -1.28. The minimum Gasteiger partial charge on any atom is -0.419 e. The van der Waals surface area contributed by atoms with Gasteiger partial charge in [-0.1, -0.05) is 6.07 Å². The van der Waals surface area contributed by atoms with Crippen LogP contribution in [0, 0.1) is 0 Å². The molecule has 1 aliphatic rings. The van der Waals surface area contributed by atoms with Gasteiger partial charge in [-0.2, -0.15) is 0 Å². The number of nitrogens with one attached hydrogen (secondary N) is 2.